The number of oxazole rings is 1. The summed E-state index contributed by atoms with van der Waals surface area (Å²) in [4.78, 5) is 16.5. The molecule has 2 heterocycles. The lowest BCUT2D eigenvalue weighted by atomic mass is 10.1. The molecule has 0 aliphatic heterocycles. The fraction of sp³-hybridized carbons (Fsp3) is 0.409. The molecular formula is C22H25F3N4O3. The fourth-order valence-electron chi connectivity index (χ4n) is 3.18. The number of hydrogen-bond donors (Lipinski definition) is 2. The molecule has 1 amide bonds. The van der Waals surface area contributed by atoms with E-state index in [1.165, 1.54) is 6.20 Å². The van der Waals surface area contributed by atoms with Gasteiger partial charge < -0.3 is 14.8 Å². The summed E-state index contributed by atoms with van der Waals surface area (Å²) < 4.78 is 44.7. The van der Waals surface area contributed by atoms with Crippen LogP contribution in [0.3, 0.4) is 0 Å². The number of halogens is 3. The van der Waals surface area contributed by atoms with Gasteiger partial charge in [0.25, 0.3) is 5.91 Å². The Morgan fingerprint density at radius 2 is 1.91 bits per heavy atom. The number of hydrogen-bond acceptors (Lipinski definition) is 5. The van der Waals surface area contributed by atoms with Crippen LogP contribution >= 0.6 is 0 Å². The number of aryl methyl sites for hydroxylation is 1. The number of benzene rings is 1. The molecule has 7 nitrogen and oxygen atoms in total. The smallest absolute Gasteiger partial charge is 0.416 e. The Hall–Kier alpha value is -3.14. The Morgan fingerprint density at radius 3 is 2.56 bits per heavy atom. The van der Waals surface area contributed by atoms with Crippen LogP contribution in [0, 0.1) is 6.92 Å². The molecule has 3 aromatic rings. The maximum Gasteiger partial charge on any atom is 0.416 e. The second-order valence-electron chi connectivity index (χ2n) is 7.51. The Morgan fingerprint density at radius 1 is 1.22 bits per heavy atom. The van der Waals surface area contributed by atoms with Gasteiger partial charge in [-0.25, -0.2) is 4.98 Å². The molecule has 1 unspecified atom stereocenters. The summed E-state index contributed by atoms with van der Waals surface area (Å²) >= 11 is 0. The number of aliphatic hydroxyl groups excluding tert-OH is 1. The van der Waals surface area contributed by atoms with Crippen LogP contribution in [0.25, 0.3) is 22.7 Å². The van der Waals surface area contributed by atoms with Gasteiger partial charge in [0.05, 0.1) is 18.4 Å². The van der Waals surface area contributed by atoms with Crippen molar-refractivity contribution in [2.45, 2.75) is 58.5 Å². The topological polar surface area (TPSA) is 93.2 Å². The minimum absolute atomic E-state index is 0.0496. The monoisotopic (exact) mass is 450 g/mol. The highest BCUT2D eigenvalue weighted by molar-refractivity contribution is 5.91. The third-order valence-corrected chi connectivity index (χ3v) is 5.16. The molecule has 2 aromatic heterocycles. The van der Waals surface area contributed by atoms with Crippen LogP contribution in [0.1, 0.15) is 42.9 Å². The number of nitrogens with zero attached hydrogens (tertiary/aromatic N) is 3. The summed E-state index contributed by atoms with van der Waals surface area (Å²) in [5, 5.41) is 16.4. The minimum Gasteiger partial charge on any atom is -0.431 e. The maximum atomic E-state index is 12.7. The molecule has 172 valence electrons. The summed E-state index contributed by atoms with van der Waals surface area (Å²) in [6.07, 6.45) is -4.26. The van der Waals surface area contributed by atoms with Crippen LogP contribution in [0.2, 0.25) is 0 Å². The molecule has 0 bridgehead atoms. The molecule has 32 heavy (non-hydrogen) atoms. The zero-order valence-electron chi connectivity index (χ0n) is 18.0. The van der Waals surface area contributed by atoms with Crippen molar-refractivity contribution in [2.75, 3.05) is 0 Å². The van der Waals surface area contributed by atoms with Gasteiger partial charge in [-0.15, -0.1) is 0 Å². The van der Waals surface area contributed by atoms with Crippen molar-refractivity contribution in [1.29, 1.82) is 0 Å². The van der Waals surface area contributed by atoms with Crippen LogP contribution in [-0.2, 0) is 6.54 Å². The average molecular weight is 450 g/mol. The number of carbonyl (C=O) groups is 1. The van der Waals surface area contributed by atoms with Crippen LogP contribution in [0.15, 0.2) is 40.9 Å². The highest BCUT2D eigenvalue weighted by Crippen LogP contribution is 2.27. The summed E-state index contributed by atoms with van der Waals surface area (Å²) in [5.41, 5.74) is 2.14. The molecule has 1 atom stereocenters. The van der Waals surface area contributed by atoms with Gasteiger partial charge in [-0.3, -0.25) is 9.48 Å². The van der Waals surface area contributed by atoms with Crippen LogP contribution in [0.4, 0.5) is 13.2 Å². The quantitative estimate of drug-likeness (QED) is 0.532. The molecule has 0 saturated heterocycles. The Bertz CT molecular complexity index is 1070. The zero-order valence-corrected chi connectivity index (χ0v) is 18.0. The van der Waals surface area contributed by atoms with Crippen molar-refractivity contribution in [1.82, 2.24) is 20.1 Å². The predicted octanol–water partition coefficient (Wildman–Crippen LogP) is 4.36. The number of aromatic nitrogens is 3. The average Bonchev–Trinajstić information content (AvgIpc) is 3.39. The Balaban J connectivity index is 1.80. The molecule has 0 aliphatic rings. The van der Waals surface area contributed by atoms with Crippen LogP contribution < -0.4 is 5.32 Å². The van der Waals surface area contributed by atoms with E-state index in [1.54, 1.807) is 37.3 Å². The fourth-order valence-corrected chi connectivity index (χ4v) is 3.18. The van der Waals surface area contributed by atoms with Gasteiger partial charge in [0.15, 0.2) is 6.10 Å². The van der Waals surface area contributed by atoms with E-state index in [1.807, 2.05) is 13.8 Å². The first-order valence-electron chi connectivity index (χ1n) is 10.3. The summed E-state index contributed by atoms with van der Waals surface area (Å²) in [6, 6.07) is 8.63. The number of amides is 1. The van der Waals surface area contributed by atoms with E-state index >= 15 is 0 Å². The molecule has 0 spiro atoms. The first kappa shape index (κ1) is 23.5. The van der Waals surface area contributed by atoms with Crippen molar-refractivity contribution < 1.29 is 27.5 Å². The molecule has 1 aromatic carbocycles. The maximum absolute atomic E-state index is 12.7. The largest absolute Gasteiger partial charge is 0.431 e. The second kappa shape index (κ2) is 9.56. The molecule has 0 saturated carbocycles. The summed E-state index contributed by atoms with van der Waals surface area (Å²) in [7, 11) is 0. The lowest BCUT2D eigenvalue weighted by molar-refractivity contribution is -0.208. The molecule has 3 rings (SSSR count). The van der Waals surface area contributed by atoms with Gasteiger partial charge in [-0.1, -0.05) is 26.0 Å². The van der Waals surface area contributed by atoms with Crippen molar-refractivity contribution in [3.05, 3.63) is 48.0 Å². The van der Waals surface area contributed by atoms with Gasteiger partial charge in [0.1, 0.15) is 0 Å². The number of aliphatic hydroxyl groups is 1. The van der Waals surface area contributed by atoms with Gasteiger partial charge >= 0.3 is 6.18 Å². The minimum atomic E-state index is -4.72. The molecule has 0 aliphatic carbocycles. The highest BCUT2D eigenvalue weighted by atomic mass is 19.4. The van der Waals surface area contributed by atoms with Crippen molar-refractivity contribution in [2.24, 2.45) is 0 Å². The number of nitrogens with one attached hydrogen (secondary N) is 1. The van der Waals surface area contributed by atoms with E-state index in [0.717, 1.165) is 17.5 Å². The first-order chi connectivity index (χ1) is 15.1. The second-order valence-corrected chi connectivity index (χ2v) is 7.51. The van der Waals surface area contributed by atoms with Crippen molar-refractivity contribution >= 4 is 5.91 Å². The first-order valence-corrected chi connectivity index (χ1v) is 10.3. The summed E-state index contributed by atoms with van der Waals surface area (Å²) in [5.74, 6) is -0.00467. The Kier molecular flexibility index (Phi) is 7.02. The van der Waals surface area contributed by atoms with E-state index in [-0.39, 0.29) is 23.6 Å². The number of alkyl halides is 3. The highest BCUT2D eigenvalue weighted by Gasteiger charge is 2.38. The molecule has 10 heteroatoms. The normalized spacial score (nSPS) is 12.9. The van der Waals surface area contributed by atoms with Crippen molar-refractivity contribution in [3.63, 3.8) is 0 Å². The van der Waals surface area contributed by atoms with Crippen LogP contribution in [0.5, 0.6) is 0 Å². The van der Waals surface area contributed by atoms with Gasteiger partial charge in [0.2, 0.25) is 11.7 Å². The van der Waals surface area contributed by atoms with E-state index < -0.39 is 18.8 Å². The molecule has 0 radical (unpaired) electrons. The van der Waals surface area contributed by atoms with Gasteiger partial charge in [-0.05, 0) is 38.0 Å². The van der Waals surface area contributed by atoms with Crippen LogP contribution in [-0.4, -0.2) is 44.1 Å². The van der Waals surface area contributed by atoms with E-state index in [2.05, 4.69) is 15.4 Å². The molecule has 0 fully saturated rings. The standard InChI is InChI=1S/C22H25F3N4O3/c1-4-16(5-2)27-20(31)18-11-26-21(32-18)15-8-6-7-14(10-15)17-9-13(3)29(28-17)12-19(30)22(23,24)25/h6-11,16,19,30H,4-5,12H2,1-3H3,(H,27,31). The number of carbonyl (C=O) groups excluding carboxylic acids is 1. The molecule has 2 N–H and O–H groups in total. The zero-order chi connectivity index (χ0) is 23.5. The third kappa shape index (κ3) is 5.37. The Labute approximate surface area is 183 Å². The lowest BCUT2D eigenvalue weighted by Crippen LogP contribution is -2.33. The van der Waals surface area contributed by atoms with Gasteiger partial charge in [0, 0.05) is 22.9 Å². The lowest BCUT2D eigenvalue weighted by Gasteiger charge is -2.15. The summed E-state index contributed by atoms with van der Waals surface area (Å²) in [6.45, 7) is 4.89. The third-order valence-electron chi connectivity index (χ3n) is 5.16. The van der Waals surface area contributed by atoms with Gasteiger partial charge in [-0.2, -0.15) is 18.3 Å². The van der Waals surface area contributed by atoms with E-state index in [4.69, 9.17) is 4.42 Å². The van der Waals surface area contributed by atoms with Crippen molar-refractivity contribution in [3.8, 4) is 22.7 Å². The number of rotatable bonds is 8. The predicted molar refractivity (Wildman–Crippen MR) is 112 cm³/mol. The SMILES string of the molecule is CCC(CC)NC(=O)c1cnc(-c2cccc(-c3cc(C)n(CC(O)C(F)(F)F)n3)c2)o1. The van der Waals surface area contributed by atoms with E-state index in [9.17, 15) is 23.1 Å². The molecular weight excluding hydrogens is 425 g/mol. The van der Waals surface area contributed by atoms with E-state index in [0.29, 0.717) is 22.5 Å².